The van der Waals surface area contributed by atoms with E-state index in [0.717, 1.165) is 32.4 Å². The molecule has 0 aromatic carbocycles. The molecule has 1 N–H and O–H groups in total. The van der Waals surface area contributed by atoms with Crippen LogP contribution in [0.25, 0.3) is 0 Å². The van der Waals surface area contributed by atoms with E-state index in [-0.39, 0.29) is 5.91 Å². The summed E-state index contributed by atoms with van der Waals surface area (Å²) >= 11 is 3.68. The Hall–Kier alpha value is -0.0900. The topological polar surface area (TPSA) is 38.3 Å². The van der Waals surface area contributed by atoms with E-state index in [2.05, 4.69) is 21.2 Å². The van der Waals surface area contributed by atoms with Crippen molar-refractivity contribution in [1.29, 1.82) is 0 Å². The van der Waals surface area contributed by atoms with Gasteiger partial charge >= 0.3 is 0 Å². The minimum absolute atomic E-state index is 0.187. The minimum Gasteiger partial charge on any atom is -0.378 e. The van der Waals surface area contributed by atoms with Gasteiger partial charge < -0.3 is 10.1 Å². The van der Waals surface area contributed by atoms with Crippen LogP contribution in [0.3, 0.4) is 0 Å². The third-order valence-corrected chi connectivity index (χ3v) is 5.05. The van der Waals surface area contributed by atoms with E-state index in [4.69, 9.17) is 4.74 Å². The molecule has 3 unspecified atom stereocenters. The van der Waals surface area contributed by atoms with Gasteiger partial charge in [0.25, 0.3) is 0 Å². The van der Waals surface area contributed by atoms with Crippen molar-refractivity contribution in [2.75, 3.05) is 13.2 Å². The molecule has 0 aromatic rings. The van der Waals surface area contributed by atoms with Crippen LogP contribution < -0.4 is 5.32 Å². The van der Waals surface area contributed by atoms with Gasteiger partial charge in [-0.05, 0) is 38.0 Å². The van der Waals surface area contributed by atoms with E-state index in [9.17, 15) is 4.79 Å². The quantitative estimate of drug-likeness (QED) is 0.793. The van der Waals surface area contributed by atoms with E-state index >= 15 is 0 Å². The van der Waals surface area contributed by atoms with Crippen LogP contribution in [-0.4, -0.2) is 30.0 Å². The minimum atomic E-state index is 0.187. The van der Waals surface area contributed by atoms with Gasteiger partial charge in [-0.15, -0.1) is 0 Å². The third-order valence-electron chi connectivity index (χ3n) is 3.85. The Bertz CT molecular complexity index is 254. The Morgan fingerprint density at radius 2 is 2.18 bits per heavy atom. The molecular weight excluding hydrogens is 282 g/mol. The van der Waals surface area contributed by atoms with Crippen molar-refractivity contribution in [3.8, 4) is 0 Å². The number of amides is 1. The lowest BCUT2D eigenvalue weighted by Gasteiger charge is -2.15. The number of rotatable bonds is 5. The highest BCUT2D eigenvalue weighted by molar-refractivity contribution is 9.09. The first-order chi connectivity index (χ1) is 8.25. The molecule has 0 aromatic heterocycles. The molecule has 1 aliphatic heterocycles. The maximum Gasteiger partial charge on any atom is 0.220 e. The van der Waals surface area contributed by atoms with Crippen LogP contribution in [0.1, 0.15) is 44.9 Å². The van der Waals surface area contributed by atoms with Crippen molar-refractivity contribution < 1.29 is 9.53 Å². The van der Waals surface area contributed by atoms with E-state index in [1.165, 1.54) is 19.3 Å². The van der Waals surface area contributed by atoms with Crippen LogP contribution in [0, 0.1) is 5.92 Å². The van der Waals surface area contributed by atoms with Gasteiger partial charge in [0, 0.05) is 24.4 Å². The second-order valence-electron chi connectivity index (χ2n) is 5.18. The summed E-state index contributed by atoms with van der Waals surface area (Å²) in [5, 5.41) is 3.05. The molecule has 1 saturated heterocycles. The predicted molar refractivity (Wildman–Crippen MR) is 71.3 cm³/mol. The molecule has 1 saturated carbocycles. The van der Waals surface area contributed by atoms with E-state index in [0.29, 0.717) is 23.3 Å². The number of nitrogens with one attached hydrogen (secondary N) is 1. The van der Waals surface area contributed by atoms with Gasteiger partial charge in [0.05, 0.1) is 6.10 Å². The average molecular weight is 304 g/mol. The Balaban J connectivity index is 1.57. The lowest BCUT2D eigenvalue weighted by Crippen LogP contribution is -2.31. The molecule has 2 fully saturated rings. The summed E-state index contributed by atoms with van der Waals surface area (Å²) in [5.41, 5.74) is 0. The zero-order valence-corrected chi connectivity index (χ0v) is 11.9. The van der Waals surface area contributed by atoms with Gasteiger partial charge in [-0.2, -0.15) is 0 Å². The molecule has 2 aliphatic rings. The maximum atomic E-state index is 11.7. The standard InChI is InChI=1S/C13H22BrNO2/c14-12-5-1-3-10(12)9-15-13(16)7-6-11-4-2-8-17-11/h10-12H,1-9H2,(H,15,16). The largest absolute Gasteiger partial charge is 0.378 e. The van der Waals surface area contributed by atoms with Gasteiger partial charge in [-0.1, -0.05) is 22.4 Å². The molecule has 3 atom stereocenters. The lowest BCUT2D eigenvalue weighted by atomic mass is 10.1. The predicted octanol–water partition coefficient (Wildman–Crippen LogP) is 2.63. The van der Waals surface area contributed by atoms with Crippen molar-refractivity contribution in [2.45, 2.75) is 55.9 Å². The summed E-state index contributed by atoms with van der Waals surface area (Å²) in [7, 11) is 0. The van der Waals surface area contributed by atoms with Gasteiger partial charge in [-0.3, -0.25) is 4.79 Å². The normalized spacial score (nSPS) is 32.9. The summed E-state index contributed by atoms with van der Waals surface area (Å²) < 4.78 is 5.51. The third kappa shape index (κ3) is 4.25. The Morgan fingerprint density at radius 3 is 2.82 bits per heavy atom. The fraction of sp³-hybridized carbons (Fsp3) is 0.923. The first-order valence-corrected chi connectivity index (χ1v) is 7.69. The zero-order chi connectivity index (χ0) is 12.1. The molecule has 0 spiro atoms. The highest BCUT2D eigenvalue weighted by Gasteiger charge is 2.25. The fourth-order valence-corrected chi connectivity index (χ4v) is 3.49. The van der Waals surface area contributed by atoms with E-state index in [1.54, 1.807) is 0 Å². The average Bonchev–Trinajstić information content (AvgIpc) is 2.95. The van der Waals surface area contributed by atoms with Crippen LogP contribution >= 0.6 is 15.9 Å². The summed E-state index contributed by atoms with van der Waals surface area (Å²) in [6, 6.07) is 0. The molecule has 3 nitrogen and oxygen atoms in total. The number of carbonyl (C=O) groups excluding carboxylic acids is 1. The number of hydrogen-bond acceptors (Lipinski definition) is 2. The monoisotopic (exact) mass is 303 g/mol. The number of ether oxygens (including phenoxy) is 1. The molecule has 4 heteroatoms. The first-order valence-electron chi connectivity index (χ1n) is 6.78. The van der Waals surface area contributed by atoms with Crippen molar-refractivity contribution in [3.05, 3.63) is 0 Å². The number of hydrogen-bond donors (Lipinski definition) is 1. The molecule has 17 heavy (non-hydrogen) atoms. The van der Waals surface area contributed by atoms with Crippen LogP contribution in [0.5, 0.6) is 0 Å². The van der Waals surface area contributed by atoms with Crippen molar-refractivity contribution >= 4 is 21.8 Å². The fourth-order valence-electron chi connectivity index (χ4n) is 2.72. The number of halogens is 1. The Kier molecular flexibility index (Phi) is 5.29. The molecule has 1 amide bonds. The van der Waals surface area contributed by atoms with Gasteiger partial charge in [0.1, 0.15) is 0 Å². The summed E-state index contributed by atoms with van der Waals surface area (Å²) in [5.74, 6) is 0.814. The van der Waals surface area contributed by atoms with Gasteiger partial charge in [0.2, 0.25) is 5.91 Å². The van der Waals surface area contributed by atoms with Crippen molar-refractivity contribution in [1.82, 2.24) is 5.32 Å². The van der Waals surface area contributed by atoms with Crippen molar-refractivity contribution in [3.63, 3.8) is 0 Å². The van der Waals surface area contributed by atoms with Crippen LogP contribution in [0.15, 0.2) is 0 Å². The number of alkyl halides is 1. The molecule has 0 bridgehead atoms. The Labute approximate surface area is 112 Å². The van der Waals surface area contributed by atoms with Gasteiger partial charge in [0.15, 0.2) is 0 Å². The second-order valence-corrected chi connectivity index (χ2v) is 6.36. The molecule has 1 heterocycles. The van der Waals surface area contributed by atoms with E-state index in [1.807, 2.05) is 0 Å². The highest BCUT2D eigenvalue weighted by Crippen LogP contribution is 2.30. The summed E-state index contributed by atoms with van der Waals surface area (Å²) in [4.78, 5) is 12.3. The first kappa shape index (κ1) is 13.3. The second kappa shape index (κ2) is 6.74. The van der Waals surface area contributed by atoms with Crippen LogP contribution in [-0.2, 0) is 9.53 Å². The molecular formula is C13H22BrNO2. The highest BCUT2D eigenvalue weighted by atomic mass is 79.9. The zero-order valence-electron chi connectivity index (χ0n) is 10.3. The summed E-state index contributed by atoms with van der Waals surface area (Å²) in [6.07, 6.45) is 7.87. The van der Waals surface area contributed by atoms with Gasteiger partial charge in [-0.25, -0.2) is 0 Å². The molecule has 1 aliphatic carbocycles. The SMILES string of the molecule is O=C(CCC1CCCO1)NCC1CCCC1Br. The van der Waals surface area contributed by atoms with Crippen LogP contribution in [0.4, 0.5) is 0 Å². The lowest BCUT2D eigenvalue weighted by molar-refractivity contribution is -0.121. The van der Waals surface area contributed by atoms with Crippen molar-refractivity contribution in [2.24, 2.45) is 5.92 Å². The Morgan fingerprint density at radius 1 is 1.29 bits per heavy atom. The smallest absolute Gasteiger partial charge is 0.220 e. The molecule has 2 rings (SSSR count). The number of carbonyl (C=O) groups is 1. The summed E-state index contributed by atoms with van der Waals surface area (Å²) in [6.45, 7) is 1.71. The molecule has 0 radical (unpaired) electrons. The van der Waals surface area contributed by atoms with Crippen LogP contribution in [0.2, 0.25) is 0 Å². The molecule has 98 valence electrons. The maximum absolute atomic E-state index is 11.7. The van der Waals surface area contributed by atoms with E-state index < -0.39 is 0 Å².